The van der Waals surface area contributed by atoms with Crippen LogP contribution in [-0.4, -0.2) is 41.4 Å². The normalized spacial score (nSPS) is 23.9. The van der Waals surface area contributed by atoms with Crippen molar-refractivity contribution in [3.63, 3.8) is 0 Å². The summed E-state index contributed by atoms with van der Waals surface area (Å²) in [5, 5.41) is 20.0. The van der Waals surface area contributed by atoms with E-state index in [1.165, 1.54) is 0 Å². The summed E-state index contributed by atoms with van der Waals surface area (Å²) in [5.74, 6) is 0.245. The number of anilines is 1. The Morgan fingerprint density at radius 1 is 1.23 bits per heavy atom. The molecule has 7 rings (SSSR count). The minimum absolute atomic E-state index is 0.00743. The number of alkyl halides is 1. The third kappa shape index (κ3) is 2.91. The third-order valence-electron chi connectivity index (χ3n) is 6.42. The molecule has 1 N–H and O–H groups in total. The average molecular weight is 417 g/mol. The molecule has 3 aliphatic carbocycles. The number of rotatable bonds is 5. The minimum atomic E-state index is -0.936. The van der Waals surface area contributed by atoms with Crippen molar-refractivity contribution in [1.82, 2.24) is 29.8 Å². The van der Waals surface area contributed by atoms with Crippen LogP contribution in [0.1, 0.15) is 35.2 Å². The number of aryl methyl sites for hydroxylation is 1. The standard InChI is InChI=1S/C22H20FN7O/c1-14-5-6-15(19-26-28-30(27-19)13-21-10-22(23,11-21)12-21)8-17(14)25-20(31)16-9-24-29-7-3-2-4-18(16)29/h2-9H,10-13H2,1H3,(H,25,31). The highest BCUT2D eigenvalue weighted by Gasteiger charge is 2.69. The first-order chi connectivity index (χ1) is 14.9. The number of fused-ring (bicyclic) bond motifs is 1. The maximum atomic E-state index is 13.8. The molecule has 0 spiro atoms. The van der Waals surface area contributed by atoms with E-state index >= 15 is 0 Å². The summed E-state index contributed by atoms with van der Waals surface area (Å²) in [5.41, 5.74) is 2.66. The number of halogens is 1. The van der Waals surface area contributed by atoms with Gasteiger partial charge in [0.15, 0.2) is 0 Å². The fourth-order valence-corrected chi connectivity index (χ4v) is 4.95. The zero-order valence-corrected chi connectivity index (χ0v) is 16.9. The van der Waals surface area contributed by atoms with E-state index in [9.17, 15) is 9.18 Å². The van der Waals surface area contributed by atoms with Crippen LogP contribution in [-0.2, 0) is 6.54 Å². The van der Waals surface area contributed by atoms with E-state index in [-0.39, 0.29) is 11.3 Å². The molecule has 4 aromatic rings. The highest BCUT2D eigenvalue weighted by molar-refractivity contribution is 6.09. The first kappa shape index (κ1) is 18.2. The topological polar surface area (TPSA) is 90.0 Å². The molecule has 0 radical (unpaired) electrons. The van der Waals surface area contributed by atoms with Crippen LogP contribution in [0.2, 0.25) is 0 Å². The molecule has 3 aliphatic rings. The molecule has 3 heterocycles. The van der Waals surface area contributed by atoms with Gasteiger partial charge in [0.1, 0.15) is 5.67 Å². The molecular weight excluding hydrogens is 397 g/mol. The highest BCUT2D eigenvalue weighted by atomic mass is 19.1. The fraction of sp³-hybridized carbons (Fsp3) is 0.318. The van der Waals surface area contributed by atoms with E-state index in [1.807, 2.05) is 43.3 Å². The lowest BCUT2D eigenvalue weighted by molar-refractivity contribution is -0.222. The Morgan fingerprint density at radius 2 is 2.06 bits per heavy atom. The number of nitrogens with one attached hydrogen (secondary N) is 1. The van der Waals surface area contributed by atoms with Crippen LogP contribution in [0.25, 0.3) is 16.9 Å². The Bertz CT molecular complexity index is 1320. The minimum Gasteiger partial charge on any atom is -0.322 e. The van der Waals surface area contributed by atoms with Crippen LogP contribution in [0.15, 0.2) is 48.8 Å². The van der Waals surface area contributed by atoms with Gasteiger partial charge in [-0.2, -0.15) is 9.90 Å². The predicted molar refractivity (Wildman–Crippen MR) is 111 cm³/mol. The zero-order chi connectivity index (χ0) is 21.2. The third-order valence-corrected chi connectivity index (χ3v) is 6.42. The lowest BCUT2D eigenvalue weighted by Crippen LogP contribution is -2.65. The first-order valence-corrected chi connectivity index (χ1v) is 10.2. The van der Waals surface area contributed by atoms with Gasteiger partial charge in [-0.15, -0.1) is 10.2 Å². The smallest absolute Gasteiger partial charge is 0.259 e. The number of carbonyl (C=O) groups is 1. The molecule has 2 bridgehead atoms. The van der Waals surface area contributed by atoms with Crippen LogP contribution in [0.4, 0.5) is 10.1 Å². The van der Waals surface area contributed by atoms with E-state index in [0.29, 0.717) is 42.9 Å². The van der Waals surface area contributed by atoms with Crippen molar-refractivity contribution >= 4 is 17.1 Å². The van der Waals surface area contributed by atoms with Gasteiger partial charge in [-0.3, -0.25) is 4.79 Å². The monoisotopic (exact) mass is 417 g/mol. The Hall–Kier alpha value is -3.62. The summed E-state index contributed by atoms with van der Waals surface area (Å²) in [6, 6.07) is 11.2. The van der Waals surface area contributed by atoms with Crippen molar-refractivity contribution in [1.29, 1.82) is 0 Å². The van der Waals surface area contributed by atoms with Crippen LogP contribution in [0.3, 0.4) is 0 Å². The number of carbonyl (C=O) groups excluding carboxylic acids is 1. The summed E-state index contributed by atoms with van der Waals surface area (Å²) < 4.78 is 15.4. The molecule has 0 saturated heterocycles. The number of nitrogens with zero attached hydrogens (tertiary/aromatic N) is 6. The van der Waals surface area contributed by atoms with Crippen molar-refractivity contribution in [3.05, 3.63) is 59.9 Å². The predicted octanol–water partition coefficient (Wildman–Crippen LogP) is 3.44. The van der Waals surface area contributed by atoms with E-state index in [4.69, 9.17) is 0 Å². The Balaban J connectivity index is 1.23. The Labute approximate surface area is 177 Å². The second-order valence-electron chi connectivity index (χ2n) is 8.90. The molecule has 0 aliphatic heterocycles. The molecule has 156 valence electrons. The fourth-order valence-electron chi connectivity index (χ4n) is 4.95. The van der Waals surface area contributed by atoms with Gasteiger partial charge < -0.3 is 5.32 Å². The first-order valence-electron chi connectivity index (χ1n) is 10.2. The van der Waals surface area contributed by atoms with Gasteiger partial charge in [0.05, 0.1) is 23.8 Å². The van der Waals surface area contributed by atoms with Gasteiger partial charge in [-0.25, -0.2) is 8.91 Å². The van der Waals surface area contributed by atoms with E-state index in [0.717, 1.165) is 16.6 Å². The molecule has 1 aromatic carbocycles. The number of amides is 1. The number of aromatic nitrogens is 6. The van der Waals surface area contributed by atoms with Crippen molar-refractivity contribution in [3.8, 4) is 11.4 Å². The SMILES string of the molecule is Cc1ccc(-c2nnn(CC34CC(F)(C3)C4)n2)cc1NC(=O)c1cnn2ccccc12. The van der Waals surface area contributed by atoms with Gasteiger partial charge >= 0.3 is 0 Å². The van der Waals surface area contributed by atoms with Crippen molar-refractivity contribution < 1.29 is 9.18 Å². The van der Waals surface area contributed by atoms with Gasteiger partial charge in [-0.05, 0) is 55.2 Å². The van der Waals surface area contributed by atoms with Crippen molar-refractivity contribution in [2.75, 3.05) is 5.32 Å². The summed E-state index contributed by atoms with van der Waals surface area (Å²) in [4.78, 5) is 14.4. The largest absolute Gasteiger partial charge is 0.322 e. The second-order valence-corrected chi connectivity index (χ2v) is 8.90. The summed E-state index contributed by atoms with van der Waals surface area (Å²) in [6.07, 6.45) is 5.15. The summed E-state index contributed by atoms with van der Waals surface area (Å²) in [6.45, 7) is 2.52. The number of tetrazole rings is 1. The van der Waals surface area contributed by atoms with E-state index in [2.05, 4.69) is 25.8 Å². The molecule has 3 aromatic heterocycles. The Morgan fingerprint density at radius 3 is 2.87 bits per heavy atom. The Kier molecular flexibility index (Phi) is 3.63. The van der Waals surface area contributed by atoms with E-state index in [1.54, 1.807) is 21.7 Å². The van der Waals surface area contributed by atoms with Crippen molar-refractivity contribution in [2.24, 2.45) is 5.41 Å². The second kappa shape index (κ2) is 6.19. The van der Waals surface area contributed by atoms with Gasteiger partial charge in [0, 0.05) is 22.9 Å². The lowest BCUT2D eigenvalue weighted by atomic mass is 9.42. The molecule has 31 heavy (non-hydrogen) atoms. The maximum Gasteiger partial charge on any atom is 0.259 e. The summed E-state index contributed by atoms with van der Waals surface area (Å²) >= 11 is 0. The molecule has 3 saturated carbocycles. The number of benzene rings is 1. The molecule has 8 nitrogen and oxygen atoms in total. The number of hydrogen-bond donors (Lipinski definition) is 1. The molecule has 0 atom stereocenters. The zero-order valence-electron chi connectivity index (χ0n) is 16.9. The van der Waals surface area contributed by atoms with E-state index < -0.39 is 5.67 Å². The number of pyridine rings is 1. The van der Waals surface area contributed by atoms with Crippen LogP contribution in [0.5, 0.6) is 0 Å². The molecular formula is C22H20FN7O. The maximum absolute atomic E-state index is 13.8. The molecule has 9 heteroatoms. The van der Waals surface area contributed by atoms with Crippen LogP contribution >= 0.6 is 0 Å². The highest BCUT2D eigenvalue weighted by Crippen LogP contribution is 2.69. The van der Waals surface area contributed by atoms with Gasteiger partial charge in [0.2, 0.25) is 5.82 Å². The van der Waals surface area contributed by atoms with Gasteiger partial charge in [-0.1, -0.05) is 18.2 Å². The molecule has 3 fully saturated rings. The molecule has 1 amide bonds. The van der Waals surface area contributed by atoms with Gasteiger partial charge in [0.25, 0.3) is 5.91 Å². The molecule has 0 unspecified atom stereocenters. The van der Waals surface area contributed by atoms with Crippen molar-refractivity contribution in [2.45, 2.75) is 38.4 Å². The average Bonchev–Trinajstić information content (AvgIpc) is 3.34. The summed E-state index contributed by atoms with van der Waals surface area (Å²) in [7, 11) is 0. The van der Waals surface area contributed by atoms with Crippen LogP contribution in [0, 0.1) is 12.3 Å². The lowest BCUT2D eigenvalue weighted by Gasteiger charge is -2.65. The van der Waals surface area contributed by atoms with Crippen LogP contribution < -0.4 is 5.32 Å². The quantitative estimate of drug-likeness (QED) is 0.537. The number of hydrogen-bond acceptors (Lipinski definition) is 5.